The Bertz CT molecular complexity index is 881. The van der Waals surface area contributed by atoms with E-state index in [4.69, 9.17) is 0 Å². The molecular weight excluding hydrogens is 266 g/mol. The van der Waals surface area contributed by atoms with Gasteiger partial charge in [0.15, 0.2) is 0 Å². The van der Waals surface area contributed by atoms with Crippen LogP contribution in [0.15, 0.2) is 53.6 Å². The lowest BCUT2D eigenvalue weighted by Crippen LogP contribution is -2.01. The fraction of sp³-hybridized carbons (Fsp3) is 0. The van der Waals surface area contributed by atoms with Crippen LogP contribution in [0.2, 0.25) is 0 Å². The Kier molecular flexibility index (Phi) is 2.41. The van der Waals surface area contributed by atoms with Crippen LogP contribution >= 0.6 is 11.9 Å². The largest absolute Gasteiger partial charge is 0.323 e. The fourth-order valence-corrected chi connectivity index (χ4v) is 3.39. The first-order chi connectivity index (χ1) is 9.88. The van der Waals surface area contributed by atoms with E-state index in [-0.39, 0.29) is 0 Å². The number of pyridine rings is 1. The first kappa shape index (κ1) is 11.3. The molecule has 20 heavy (non-hydrogen) atoms. The maximum absolute atomic E-state index is 9.38. The number of nitriles is 1. The second-order valence-corrected chi connectivity index (χ2v) is 5.41. The summed E-state index contributed by atoms with van der Waals surface area (Å²) in [5.41, 5.74) is 4.69. The topological polar surface area (TPSA) is 48.7 Å². The zero-order valence-corrected chi connectivity index (χ0v) is 11.2. The van der Waals surface area contributed by atoms with Crippen LogP contribution in [0.5, 0.6) is 0 Å². The molecule has 2 aromatic carbocycles. The van der Waals surface area contributed by atoms with Crippen molar-refractivity contribution in [2.75, 3.05) is 4.72 Å². The lowest BCUT2D eigenvalue weighted by atomic mass is 9.97. The second-order valence-electron chi connectivity index (χ2n) is 4.56. The number of rotatable bonds is 0. The average molecular weight is 275 g/mol. The maximum Gasteiger partial charge on any atom is 0.0999 e. The molecule has 0 unspecified atom stereocenters. The van der Waals surface area contributed by atoms with Gasteiger partial charge in [-0.3, -0.25) is 4.98 Å². The zero-order valence-electron chi connectivity index (χ0n) is 10.4. The molecule has 4 rings (SSSR count). The number of fused-ring (bicyclic) bond motifs is 5. The van der Waals surface area contributed by atoms with Crippen LogP contribution in [0.3, 0.4) is 0 Å². The van der Waals surface area contributed by atoms with Crippen LogP contribution in [0.4, 0.5) is 5.69 Å². The number of aromatic nitrogens is 1. The summed E-state index contributed by atoms with van der Waals surface area (Å²) in [5.74, 6) is 0. The lowest BCUT2D eigenvalue weighted by Gasteiger charge is -2.22. The van der Waals surface area contributed by atoms with Crippen LogP contribution in [-0.2, 0) is 0 Å². The molecular formula is C16H9N3S. The van der Waals surface area contributed by atoms with Gasteiger partial charge in [-0.25, -0.2) is 0 Å². The number of nitrogens with one attached hydrogen (secondary N) is 1. The summed E-state index contributed by atoms with van der Waals surface area (Å²) in [6.45, 7) is 0. The number of nitrogens with zero attached hydrogens (tertiary/aromatic N) is 2. The highest BCUT2D eigenvalue weighted by Crippen LogP contribution is 2.45. The molecule has 0 aliphatic carbocycles. The van der Waals surface area contributed by atoms with Gasteiger partial charge < -0.3 is 4.72 Å². The quantitative estimate of drug-likeness (QED) is 0.624. The van der Waals surface area contributed by atoms with Gasteiger partial charge in [0.25, 0.3) is 0 Å². The predicted octanol–water partition coefficient (Wildman–Crippen LogP) is 4.21. The van der Waals surface area contributed by atoms with E-state index in [2.05, 4.69) is 27.9 Å². The minimum absolute atomic E-state index is 0.662. The summed E-state index contributed by atoms with van der Waals surface area (Å²) in [6, 6.07) is 16.2. The molecule has 3 aromatic rings. The van der Waals surface area contributed by atoms with Crippen LogP contribution in [0.1, 0.15) is 5.56 Å². The van der Waals surface area contributed by atoms with Crippen molar-refractivity contribution in [3.05, 3.63) is 54.2 Å². The monoisotopic (exact) mass is 275 g/mol. The molecule has 1 N–H and O–H groups in total. The molecule has 0 saturated carbocycles. The maximum atomic E-state index is 9.38. The van der Waals surface area contributed by atoms with Crippen molar-refractivity contribution in [3.8, 4) is 17.2 Å². The summed E-state index contributed by atoms with van der Waals surface area (Å²) in [7, 11) is 0. The standard InChI is InChI=1S/C16H9N3S/c17-9-10-8-13-12-4-1-2-6-14(12)20-19-16(13)15-11(10)5-3-7-18-15/h1-8,19H. The highest BCUT2D eigenvalue weighted by atomic mass is 32.2. The SMILES string of the molecule is N#Cc1cc2c(c3ncccc13)NSc1ccccc1-2. The van der Waals surface area contributed by atoms with E-state index in [9.17, 15) is 5.26 Å². The molecule has 0 fully saturated rings. The Morgan fingerprint density at radius 1 is 1.10 bits per heavy atom. The first-order valence-corrected chi connectivity index (χ1v) is 7.04. The molecule has 94 valence electrons. The van der Waals surface area contributed by atoms with Gasteiger partial charge in [-0.2, -0.15) is 5.26 Å². The molecule has 1 aromatic heterocycles. The Balaban J connectivity index is 2.15. The molecule has 2 heterocycles. The molecule has 0 bridgehead atoms. The Morgan fingerprint density at radius 3 is 2.90 bits per heavy atom. The lowest BCUT2D eigenvalue weighted by molar-refractivity contribution is 1.38. The van der Waals surface area contributed by atoms with Crippen LogP contribution < -0.4 is 4.72 Å². The zero-order chi connectivity index (χ0) is 13.5. The van der Waals surface area contributed by atoms with E-state index < -0.39 is 0 Å². The number of hydrogen-bond donors (Lipinski definition) is 1. The predicted molar refractivity (Wildman–Crippen MR) is 81.4 cm³/mol. The first-order valence-electron chi connectivity index (χ1n) is 6.22. The van der Waals surface area contributed by atoms with Crippen molar-refractivity contribution in [2.24, 2.45) is 0 Å². The average Bonchev–Trinajstić information content (AvgIpc) is 2.53. The van der Waals surface area contributed by atoms with Gasteiger partial charge in [0.2, 0.25) is 0 Å². The molecule has 0 atom stereocenters. The van der Waals surface area contributed by atoms with E-state index >= 15 is 0 Å². The van der Waals surface area contributed by atoms with Crippen molar-refractivity contribution >= 4 is 28.5 Å². The molecule has 0 saturated heterocycles. The van der Waals surface area contributed by atoms with Crippen molar-refractivity contribution in [1.82, 2.24) is 4.98 Å². The van der Waals surface area contributed by atoms with Gasteiger partial charge in [-0.1, -0.05) is 18.2 Å². The van der Waals surface area contributed by atoms with E-state index in [1.807, 2.05) is 30.3 Å². The van der Waals surface area contributed by atoms with Gasteiger partial charge in [0.05, 0.1) is 22.8 Å². The van der Waals surface area contributed by atoms with Crippen LogP contribution in [0.25, 0.3) is 22.0 Å². The van der Waals surface area contributed by atoms with Crippen molar-refractivity contribution in [2.45, 2.75) is 4.90 Å². The molecule has 1 aliphatic heterocycles. The molecule has 0 radical (unpaired) electrons. The summed E-state index contributed by atoms with van der Waals surface area (Å²) >= 11 is 1.59. The molecule has 4 heteroatoms. The molecule has 0 amide bonds. The fourth-order valence-electron chi connectivity index (χ4n) is 2.54. The van der Waals surface area contributed by atoms with Crippen LogP contribution in [0, 0.1) is 11.3 Å². The second kappa shape index (κ2) is 4.26. The molecule has 3 nitrogen and oxygen atoms in total. The Hall–Kier alpha value is -2.51. The minimum Gasteiger partial charge on any atom is -0.323 e. The van der Waals surface area contributed by atoms with Gasteiger partial charge >= 0.3 is 0 Å². The molecule has 0 spiro atoms. The normalized spacial score (nSPS) is 12.2. The Morgan fingerprint density at radius 2 is 2.00 bits per heavy atom. The van der Waals surface area contributed by atoms with Crippen molar-refractivity contribution < 1.29 is 0 Å². The number of benzene rings is 2. The smallest absolute Gasteiger partial charge is 0.0999 e. The number of hydrogen-bond acceptors (Lipinski definition) is 4. The minimum atomic E-state index is 0.662. The highest BCUT2D eigenvalue weighted by molar-refractivity contribution is 8.00. The van der Waals surface area contributed by atoms with Crippen molar-refractivity contribution in [1.29, 1.82) is 5.26 Å². The summed E-state index contributed by atoms with van der Waals surface area (Å²) in [4.78, 5) is 5.61. The van der Waals surface area contributed by atoms with E-state index in [1.54, 1.807) is 18.1 Å². The summed E-state index contributed by atoms with van der Waals surface area (Å²) < 4.78 is 3.36. The van der Waals surface area contributed by atoms with E-state index in [0.29, 0.717) is 5.56 Å². The van der Waals surface area contributed by atoms with Crippen LogP contribution in [-0.4, -0.2) is 4.98 Å². The summed E-state index contributed by atoms with van der Waals surface area (Å²) in [6.07, 6.45) is 1.76. The Labute approximate surface area is 120 Å². The van der Waals surface area contributed by atoms with Crippen molar-refractivity contribution in [3.63, 3.8) is 0 Å². The summed E-state index contributed by atoms with van der Waals surface area (Å²) in [5, 5.41) is 10.3. The third-order valence-electron chi connectivity index (χ3n) is 3.45. The van der Waals surface area contributed by atoms with E-state index in [1.165, 1.54) is 4.90 Å². The third-order valence-corrected chi connectivity index (χ3v) is 4.34. The molecule has 1 aliphatic rings. The van der Waals surface area contributed by atoms with Gasteiger partial charge in [-0.15, -0.1) is 0 Å². The third kappa shape index (κ3) is 1.50. The highest BCUT2D eigenvalue weighted by Gasteiger charge is 2.20. The van der Waals surface area contributed by atoms with Gasteiger partial charge in [0, 0.05) is 22.0 Å². The van der Waals surface area contributed by atoms with Gasteiger partial charge in [0.1, 0.15) is 0 Å². The number of anilines is 1. The van der Waals surface area contributed by atoms with E-state index in [0.717, 1.165) is 27.7 Å². The van der Waals surface area contributed by atoms with Gasteiger partial charge in [-0.05, 0) is 41.8 Å².